The second-order valence-electron chi connectivity index (χ2n) is 2.74. The van der Waals surface area contributed by atoms with Gasteiger partial charge >= 0.3 is 0 Å². The lowest BCUT2D eigenvalue weighted by atomic mass is 10.2. The first-order chi connectivity index (χ1) is 6.79. The number of rotatable bonds is 5. The van der Waals surface area contributed by atoms with Crippen LogP contribution in [0.5, 0.6) is 11.5 Å². The van der Waals surface area contributed by atoms with Gasteiger partial charge < -0.3 is 19.3 Å². The van der Waals surface area contributed by atoms with Gasteiger partial charge in [-0.1, -0.05) is 6.07 Å². The molecular weight excluding hydrogens is 184 g/mol. The fourth-order valence-corrected chi connectivity index (χ4v) is 1.10. The first-order valence-electron chi connectivity index (χ1n) is 4.21. The van der Waals surface area contributed by atoms with Crippen LogP contribution < -0.4 is 4.74 Å². The van der Waals surface area contributed by atoms with Crippen molar-refractivity contribution in [3.63, 3.8) is 0 Å². The highest BCUT2D eigenvalue weighted by molar-refractivity contribution is 5.43. The number of hydrogen-bond donors (Lipinski definition) is 1. The number of phenols is 1. The number of phenolic OH excluding ortho intramolecular Hbond substituents is 1. The van der Waals surface area contributed by atoms with Crippen molar-refractivity contribution in [3.8, 4) is 11.5 Å². The van der Waals surface area contributed by atoms with Crippen LogP contribution in [0.3, 0.4) is 0 Å². The minimum Gasteiger partial charge on any atom is -0.507 e. The van der Waals surface area contributed by atoms with Gasteiger partial charge in [-0.2, -0.15) is 0 Å². The number of methoxy groups -OCH3 is 2. The molecule has 4 heteroatoms. The molecule has 0 unspecified atom stereocenters. The highest BCUT2D eigenvalue weighted by atomic mass is 16.7. The van der Waals surface area contributed by atoms with Gasteiger partial charge in [0.15, 0.2) is 6.79 Å². The smallest absolute Gasteiger partial charge is 0.188 e. The summed E-state index contributed by atoms with van der Waals surface area (Å²) in [6, 6.07) is 5.06. The largest absolute Gasteiger partial charge is 0.507 e. The first kappa shape index (κ1) is 10.8. The van der Waals surface area contributed by atoms with Gasteiger partial charge in [0.25, 0.3) is 0 Å². The van der Waals surface area contributed by atoms with Crippen LogP contribution in [0.25, 0.3) is 0 Å². The van der Waals surface area contributed by atoms with Gasteiger partial charge in [-0.25, -0.2) is 0 Å². The van der Waals surface area contributed by atoms with Crippen molar-refractivity contribution in [1.29, 1.82) is 0 Å². The molecule has 0 aromatic heterocycles. The van der Waals surface area contributed by atoms with Crippen LogP contribution in [0.1, 0.15) is 5.56 Å². The van der Waals surface area contributed by atoms with Crippen molar-refractivity contribution in [2.45, 2.75) is 6.61 Å². The Kier molecular flexibility index (Phi) is 4.22. The van der Waals surface area contributed by atoms with Crippen molar-refractivity contribution in [2.24, 2.45) is 0 Å². The Labute approximate surface area is 83.0 Å². The maximum Gasteiger partial charge on any atom is 0.188 e. The minimum atomic E-state index is 0.153. The Hall–Kier alpha value is -1.26. The van der Waals surface area contributed by atoms with Gasteiger partial charge in [0.1, 0.15) is 11.5 Å². The molecule has 0 fully saturated rings. The Morgan fingerprint density at radius 2 is 2.00 bits per heavy atom. The van der Waals surface area contributed by atoms with E-state index in [1.165, 1.54) is 0 Å². The second kappa shape index (κ2) is 5.47. The van der Waals surface area contributed by atoms with Crippen molar-refractivity contribution in [3.05, 3.63) is 23.8 Å². The predicted molar refractivity (Wildman–Crippen MR) is 51.3 cm³/mol. The molecule has 1 rings (SSSR count). The van der Waals surface area contributed by atoms with E-state index < -0.39 is 0 Å². The van der Waals surface area contributed by atoms with E-state index in [1.54, 1.807) is 32.4 Å². The Bertz CT molecular complexity index is 285. The minimum absolute atomic E-state index is 0.153. The van der Waals surface area contributed by atoms with Gasteiger partial charge in [-0.3, -0.25) is 0 Å². The van der Waals surface area contributed by atoms with Gasteiger partial charge in [0.05, 0.1) is 12.2 Å². The molecular formula is C10H14O4. The zero-order valence-corrected chi connectivity index (χ0v) is 8.32. The highest BCUT2D eigenvalue weighted by Gasteiger charge is 2.07. The lowest BCUT2D eigenvalue weighted by Gasteiger charge is -2.11. The van der Waals surface area contributed by atoms with Crippen LogP contribution in [-0.4, -0.2) is 26.1 Å². The number of hydrogen-bond acceptors (Lipinski definition) is 4. The summed E-state index contributed by atoms with van der Waals surface area (Å²) in [5.41, 5.74) is 0.632. The summed E-state index contributed by atoms with van der Waals surface area (Å²) in [5.74, 6) is 0.745. The molecule has 1 aromatic rings. The molecule has 0 aliphatic heterocycles. The molecule has 0 aliphatic rings. The van der Waals surface area contributed by atoms with E-state index in [2.05, 4.69) is 0 Å². The summed E-state index contributed by atoms with van der Waals surface area (Å²) < 4.78 is 15.0. The van der Waals surface area contributed by atoms with Crippen LogP contribution in [0.2, 0.25) is 0 Å². The number of benzene rings is 1. The van der Waals surface area contributed by atoms with Gasteiger partial charge in [0.2, 0.25) is 0 Å². The number of aromatic hydroxyl groups is 1. The normalized spacial score (nSPS) is 10.1. The van der Waals surface area contributed by atoms with Crippen molar-refractivity contribution < 1.29 is 19.3 Å². The summed E-state index contributed by atoms with van der Waals surface area (Å²) in [7, 11) is 3.10. The van der Waals surface area contributed by atoms with Crippen LogP contribution >= 0.6 is 0 Å². The van der Waals surface area contributed by atoms with Gasteiger partial charge in [-0.05, 0) is 12.1 Å². The lowest BCUT2D eigenvalue weighted by Crippen LogP contribution is -2.02. The molecule has 14 heavy (non-hydrogen) atoms. The number of ether oxygens (including phenoxy) is 3. The van der Waals surface area contributed by atoms with E-state index in [0.717, 1.165) is 0 Å². The SMILES string of the molecule is COCOc1cccc(O)c1COC. The summed E-state index contributed by atoms with van der Waals surface area (Å²) in [4.78, 5) is 0. The van der Waals surface area contributed by atoms with Crippen LogP contribution in [0.4, 0.5) is 0 Å². The molecule has 0 saturated carbocycles. The fraction of sp³-hybridized carbons (Fsp3) is 0.400. The van der Waals surface area contributed by atoms with Crippen LogP contribution in [-0.2, 0) is 16.1 Å². The van der Waals surface area contributed by atoms with Crippen molar-refractivity contribution in [1.82, 2.24) is 0 Å². The van der Waals surface area contributed by atoms with Crippen LogP contribution in [0.15, 0.2) is 18.2 Å². The van der Waals surface area contributed by atoms with Crippen molar-refractivity contribution in [2.75, 3.05) is 21.0 Å². The summed E-state index contributed by atoms with van der Waals surface area (Å²) in [6.45, 7) is 0.464. The Morgan fingerprint density at radius 3 is 2.64 bits per heavy atom. The topological polar surface area (TPSA) is 47.9 Å². The average molecular weight is 198 g/mol. The third-order valence-electron chi connectivity index (χ3n) is 1.73. The van der Waals surface area contributed by atoms with E-state index in [4.69, 9.17) is 14.2 Å². The van der Waals surface area contributed by atoms with E-state index in [0.29, 0.717) is 17.9 Å². The summed E-state index contributed by atoms with van der Waals surface area (Å²) >= 11 is 0. The standard InChI is InChI=1S/C10H14O4/c1-12-6-8-9(11)4-3-5-10(8)14-7-13-2/h3-5,11H,6-7H2,1-2H3. The van der Waals surface area contributed by atoms with Gasteiger partial charge in [0, 0.05) is 14.2 Å². The van der Waals surface area contributed by atoms with E-state index >= 15 is 0 Å². The fourth-order valence-electron chi connectivity index (χ4n) is 1.10. The highest BCUT2D eigenvalue weighted by Crippen LogP contribution is 2.27. The predicted octanol–water partition coefficient (Wildman–Crippen LogP) is 1.52. The molecule has 0 saturated heterocycles. The average Bonchev–Trinajstić information content (AvgIpc) is 2.19. The summed E-state index contributed by atoms with van der Waals surface area (Å²) in [6.07, 6.45) is 0. The third kappa shape index (κ3) is 2.61. The third-order valence-corrected chi connectivity index (χ3v) is 1.73. The van der Waals surface area contributed by atoms with E-state index in [1.807, 2.05) is 0 Å². The maximum absolute atomic E-state index is 9.52. The molecule has 0 bridgehead atoms. The van der Waals surface area contributed by atoms with Crippen LogP contribution in [0, 0.1) is 0 Å². The Balaban J connectivity index is 2.83. The zero-order valence-electron chi connectivity index (χ0n) is 8.32. The van der Waals surface area contributed by atoms with Crippen molar-refractivity contribution >= 4 is 0 Å². The maximum atomic E-state index is 9.52. The molecule has 0 aliphatic carbocycles. The molecule has 0 amide bonds. The van der Waals surface area contributed by atoms with Gasteiger partial charge in [-0.15, -0.1) is 0 Å². The van der Waals surface area contributed by atoms with E-state index in [-0.39, 0.29) is 12.5 Å². The molecule has 0 radical (unpaired) electrons. The molecule has 0 heterocycles. The Morgan fingerprint density at radius 1 is 1.21 bits per heavy atom. The second-order valence-corrected chi connectivity index (χ2v) is 2.74. The molecule has 1 aromatic carbocycles. The lowest BCUT2D eigenvalue weighted by molar-refractivity contribution is 0.0486. The molecule has 1 N–H and O–H groups in total. The molecule has 0 atom stereocenters. The molecule has 0 spiro atoms. The molecule has 4 nitrogen and oxygen atoms in total. The van der Waals surface area contributed by atoms with E-state index in [9.17, 15) is 5.11 Å². The summed E-state index contributed by atoms with van der Waals surface area (Å²) in [5, 5.41) is 9.52. The first-order valence-corrected chi connectivity index (χ1v) is 4.21. The molecule has 78 valence electrons. The zero-order chi connectivity index (χ0) is 10.4. The quantitative estimate of drug-likeness (QED) is 0.729. The monoisotopic (exact) mass is 198 g/mol.